The van der Waals surface area contributed by atoms with Crippen molar-refractivity contribution in [3.05, 3.63) is 29.3 Å². The van der Waals surface area contributed by atoms with Gasteiger partial charge in [-0.1, -0.05) is 6.42 Å². The van der Waals surface area contributed by atoms with Crippen molar-refractivity contribution in [2.75, 3.05) is 18.4 Å². The molecule has 1 atom stereocenters. The fraction of sp³-hybridized carbons (Fsp3) is 0.444. The molecule has 1 aromatic rings. The lowest BCUT2D eigenvalue weighted by Gasteiger charge is -2.22. The molecule has 0 radical (unpaired) electrons. The van der Waals surface area contributed by atoms with Gasteiger partial charge in [-0.2, -0.15) is 0 Å². The Morgan fingerprint density at radius 3 is 2.77 bits per heavy atom. The van der Waals surface area contributed by atoms with Crippen LogP contribution in [-0.2, 0) is 9.59 Å². The van der Waals surface area contributed by atoms with E-state index in [0.717, 1.165) is 31.5 Å². The van der Waals surface area contributed by atoms with Crippen molar-refractivity contribution >= 4 is 29.7 Å². The molecule has 1 fully saturated rings. The van der Waals surface area contributed by atoms with Crippen LogP contribution in [0.5, 0.6) is 0 Å². The monoisotopic (exact) mass is 360 g/mol. The quantitative estimate of drug-likeness (QED) is 0.289. The van der Waals surface area contributed by atoms with E-state index in [1.165, 1.54) is 0 Å². The van der Waals surface area contributed by atoms with Gasteiger partial charge in [0.05, 0.1) is 5.56 Å². The molecule has 1 aliphatic heterocycles. The van der Waals surface area contributed by atoms with Crippen molar-refractivity contribution in [2.45, 2.75) is 38.1 Å². The molecule has 8 heteroatoms. The number of benzene rings is 1. The molecule has 0 saturated carbocycles. The molecule has 26 heavy (non-hydrogen) atoms. The van der Waals surface area contributed by atoms with Crippen LogP contribution in [0.3, 0.4) is 0 Å². The highest BCUT2D eigenvalue weighted by Gasteiger charge is 2.28. The summed E-state index contributed by atoms with van der Waals surface area (Å²) in [6.45, 7) is 1.40. The first-order valence-electron chi connectivity index (χ1n) is 8.73. The first-order valence-corrected chi connectivity index (χ1v) is 8.73. The molecule has 1 unspecified atom stereocenters. The van der Waals surface area contributed by atoms with E-state index in [9.17, 15) is 19.2 Å². The lowest BCUT2D eigenvalue weighted by atomic mass is 10.0. The van der Waals surface area contributed by atoms with Crippen LogP contribution in [0.15, 0.2) is 18.2 Å². The molecule has 1 heterocycles. The Morgan fingerprint density at radius 2 is 2.08 bits per heavy atom. The van der Waals surface area contributed by atoms with Crippen LogP contribution in [0.1, 0.15) is 52.8 Å². The fourth-order valence-corrected chi connectivity index (χ4v) is 2.71. The maximum Gasteiger partial charge on any atom is 0.252 e. The number of carbonyl (C=O) groups excluding carboxylic acids is 4. The summed E-state index contributed by atoms with van der Waals surface area (Å²) in [6, 6.07) is 4.10. The number of hydrogen-bond donors (Lipinski definition) is 4. The van der Waals surface area contributed by atoms with E-state index in [2.05, 4.69) is 16.0 Å². The zero-order chi connectivity index (χ0) is 18.9. The molecule has 0 spiro atoms. The number of anilines is 1. The Kier molecular flexibility index (Phi) is 7.28. The fourth-order valence-electron chi connectivity index (χ4n) is 2.71. The van der Waals surface area contributed by atoms with E-state index in [1.54, 1.807) is 18.2 Å². The zero-order valence-corrected chi connectivity index (χ0v) is 14.5. The maximum absolute atomic E-state index is 12.5. The molecule has 8 nitrogen and oxygen atoms in total. The molecule has 3 amide bonds. The second-order valence-corrected chi connectivity index (χ2v) is 6.17. The molecule has 1 saturated heterocycles. The third-order valence-corrected chi connectivity index (χ3v) is 4.18. The van der Waals surface area contributed by atoms with E-state index in [0.29, 0.717) is 12.8 Å². The SMILES string of the molecule is NCCCCCNc1ccc(C=O)c(C(=O)NC2CCC(=O)NC2=O)c1. The lowest BCUT2D eigenvalue weighted by molar-refractivity contribution is -0.134. The van der Waals surface area contributed by atoms with Crippen LogP contribution in [0.2, 0.25) is 0 Å². The van der Waals surface area contributed by atoms with Crippen LogP contribution in [0, 0.1) is 0 Å². The molecule has 2 rings (SSSR count). The van der Waals surface area contributed by atoms with Gasteiger partial charge in [-0.05, 0) is 44.0 Å². The normalized spacial score (nSPS) is 16.7. The predicted octanol–water partition coefficient (Wildman–Crippen LogP) is 0.575. The first-order chi connectivity index (χ1) is 12.5. The standard InChI is InChI=1S/C18H24N4O4/c19-8-2-1-3-9-20-13-5-4-12(11-23)14(10-13)17(25)21-15-6-7-16(24)22-18(15)26/h4-5,10-11,15,20H,1-3,6-9,19H2,(H,21,25)(H,22,24,26). The average Bonchev–Trinajstić information content (AvgIpc) is 2.63. The van der Waals surface area contributed by atoms with Gasteiger partial charge in [-0.3, -0.25) is 24.5 Å². The summed E-state index contributed by atoms with van der Waals surface area (Å²) in [7, 11) is 0. The summed E-state index contributed by atoms with van der Waals surface area (Å²) in [4.78, 5) is 46.7. The van der Waals surface area contributed by atoms with Gasteiger partial charge in [0.2, 0.25) is 11.8 Å². The molecule has 0 bridgehead atoms. The maximum atomic E-state index is 12.5. The number of unbranched alkanes of at least 4 members (excludes halogenated alkanes) is 2. The van der Waals surface area contributed by atoms with E-state index in [-0.39, 0.29) is 29.9 Å². The van der Waals surface area contributed by atoms with Crippen molar-refractivity contribution in [1.29, 1.82) is 0 Å². The number of nitrogens with two attached hydrogens (primary N) is 1. The van der Waals surface area contributed by atoms with E-state index < -0.39 is 17.9 Å². The smallest absolute Gasteiger partial charge is 0.252 e. The topological polar surface area (TPSA) is 130 Å². The second kappa shape index (κ2) is 9.67. The summed E-state index contributed by atoms with van der Waals surface area (Å²) in [6.07, 6.45) is 3.94. The molecular formula is C18H24N4O4. The number of imide groups is 1. The number of nitrogens with one attached hydrogen (secondary N) is 3. The Balaban J connectivity index is 2.02. The summed E-state index contributed by atoms with van der Waals surface area (Å²) in [5.41, 5.74) is 6.61. The van der Waals surface area contributed by atoms with Gasteiger partial charge in [-0.15, -0.1) is 0 Å². The van der Waals surface area contributed by atoms with Gasteiger partial charge in [0, 0.05) is 24.2 Å². The van der Waals surface area contributed by atoms with Gasteiger partial charge in [0.15, 0.2) is 6.29 Å². The van der Waals surface area contributed by atoms with Gasteiger partial charge in [0.1, 0.15) is 6.04 Å². The molecule has 1 aromatic carbocycles. The number of carbonyl (C=O) groups is 4. The third-order valence-electron chi connectivity index (χ3n) is 4.18. The summed E-state index contributed by atoms with van der Waals surface area (Å²) in [5, 5.41) is 7.98. The van der Waals surface area contributed by atoms with Crippen LogP contribution >= 0.6 is 0 Å². The van der Waals surface area contributed by atoms with Crippen molar-refractivity contribution < 1.29 is 19.2 Å². The number of rotatable bonds is 9. The number of hydrogen-bond acceptors (Lipinski definition) is 6. The Morgan fingerprint density at radius 1 is 1.27 bits per heavy atom. The van der Waals surface area contributed by atoms with Gasteiger partial charge in [0.25, 0.3) is 5.91 Å². The van der Waals surface area contributed by atoms with Gasteiger partial charge >= 0.3 is 0 Å². The number of piperidine rings is 1. The molecular weight excluding hydrogens is 336 g/mol. The highest BCUT2D eigenvalue weighted by Crippen LogP contribution is 2.16. The predicted molar refractivity (Wildman–Crippen MR) is 96.9 cm³/mol. The minimum Gasteiger partial charge on any atom is -0.385 e. The van der Waals surface area contributed by atoms with Crippen LogP contribution in [0.4, 0.5) is 5.69 Å². The summed E-state index contributed by atoms with van der Waals surface area (Å²) >= 11 is 0. The van der Waals surface area contributed by atoms with Crippen molar-refractivity contribution in [3.63, 3.8) is 0 Å². The van der Waals surface area contributed by atoms with Crippen molar-refractivity contribution in [1.82, 2.24) is 10.6 Å². The molecule has 0 aliphatic carbocycles. The molecule has 5 N–H and O–H groups in total. The summed E-state index contributed by atoms with van der Waals surface area (Å²) in [5.74, 6) is -1.40. The minimum absolute atomic E-state index is 0.168. The van der Waals surface area contributed by atoms with E-state index >= 15 is 0 Å². The van der Waals surface area contributed by atoms with E-state index in [1.807, 2.05) is 0 Å². The van der Waals surface area contributed by atoms with Gasteiger partial charge < -0.3 is 16.4 Å². The number of amides is 3. The second-order valence-electron chi connectivity index (χ2n) is 6.17. The number of aldehydes is 1. The highest BCUT2D eigenvalue weighted by atomic mass is 16.2. The molecule has 140 valence electrons. The van der Waals surface area contributed by atoms with Crippen molar-refractivity contribution in [3.8, 4) is 0 Å². The molecule has 0 aromatic heterocycles. The van der Waals surface area contributed by atoms with Crippen LogP contribution < -0.4 is 21.7 Å². The Hall–Kier alpha value is -2.74. The van der Waals surface area contributed by atoms with Crippen LogP contribution in [-0.4, -0.2) is 43.1 Å². The lowest BCUT2D eigenvalue weighted by Crippen LogP contribution is -2.52. The third kappa shape index (κ3) is 5.38. The molecule has 1 aliphatic rings. The average molecular weight is 360 g/mol. The Labute approximate surface area is 151 Å². The summed E-state index contributed by atoms with van der Waals surface area (Å²) < 4.78 is 0. The van der Waals surface area contributed by atoms with E-state index in [4.69, 9.17) is 5.73 Å². The largest absolute Gasteiger partial charge is 0.385 e. The van der Waals surface area contributed by atoms with Gasteiger partial charge in [-0.25, -0.2) is 0 Å². The van der Waals surface area contributed by atoms with Crippen LogP contribution in [0.25, 0.3) is 0 Å². The highest BCUT2D eigenvalue weighted by molar-refractivity contribution is 6.06. The van der Waals surface area contributed by atoms with Crippen molar-refractivity contribution in [2.24, 2.45) is 5.73 Å². The minimum atomic E-state index is -0.785. The first kappa shape index (κ1) is 19.6. The Bertz CT molecular complexity index is 690. The zero-order valence-electron chi connectivity index (χ0n) is 14.5.